The quantitative estimate of drug-likeness (QED) is 0.920. The molecule has 19 heavy (non-hydrogen) atoms. The molecular formula is C13H18F3N3. The first kappa shape index (κ1) is 14.2. The van der Waals surface area contributed by atoms with Crippen LogP contribution in [0.15, 0.2) is 12.3 Å². The third-order valence-electron chi connectivity index (χ3n) is 3.57. The fraction of sp³-hybridized carbons (Fsp3) is 0.692. The van der Waals surface area contributed by atoms with E-state index in [0.717, 1.165) is 12.1 Å². The smallest absolute Gasteiger partial charge is 0.308 e. The third-order valence-corrected chi connectivity index (χ3v) is 3.57. The van der Waals surface area contributed by atoms with Gasteiger partial charge in [0.25, 0.3) is 0 Å². The van der Waals surface area contributed by atoms with Crippen LogP contribution in [0, 0.1) is 12.8 Å². The normalized spacial score (nSPS) is 24.4. The molecule has 1 fully saturated rings. The summed E-state index contributed by atoms with van der Waals surface area (Å²) < 4.78 is 38.7. The van der Waals surface area contributed by atoms with E-state index in [-0.39, 0.29) is 6.42 Å². The third kappa shape index (κ3) is 3.89. The first-order chi connectivity index (χ1) is 8.97. The van der Waals surface area contributed by atoms with Crippen LogP contribution in [0.25, 0.3) is 0 Å². The molecule has 0 aliphatic heterocycles. The summed E-state index contributed by atoms with van der Waals surface area (Å²) in [6, 6.07) is 1.23. The van der Waals surface area contributed by atoms with Crippen LogP contribution in [0.3, 0.4) is 0 Å². The summed E-state index contributed by atoms with van der Waals surface area (Å²) in [6.45, 7) is 2.13. The van der Waals surface area contributed by atoms with Crippen molar-refractivity contribution in [1.82, 2.24) is 15.3 Å². The van der Waals surface area contributed by atoms with Gasteiger partial charge < -0.3 is 5.32 Å². The number of aromatic nitrogens is 2. The van der Waals surface area contributed by atoms with Gasteiger partial charge in [0, 0.05) is 18.8 Å². The van der Waals surface area contributed by atoms with Crippen molar-refractivity contribution in [1.29, 1.82) is 0 Å². The summed E-state index contributed by atoms with van der Waals surface area (Å²) in [4.78, 5) is 8.16. The number of rotatable bonds is 3. The average molecular weight is 273 g/mol. The lowest BCUT2D eigenvalue weighted by Gasteiger charge is -2.33. The summed E-state index contributed by atoms with van der Waals surface area (Å²) in [6.07, 6.45) is -0.165. The molecule has 2 rings (SSSR count). The summed E-state index contributed by atoms with van der Waals surface area (Å²) in [5, 5.41) is 3.01. The minimum Gasteiger partial charge on any atom is -0.308 e. The second kappa shape index (κ2) is 5.86. The van der Waals surface area contributed by atoms with Gasteiger partial charge in [-0.2, -0.15) is 13.2 Å². The molecular weight excluding hydrogens is 255 g/mol. The SMILES string of the molecule is Cc1nccc(CNC2CCCCC2C(F)(F)F)n1. The van der Waals surface area contributed by atoms with Gasteiger partial charge in [-0.15, -0.1) is 0 Å². The van der Waals surface area contributed by atoms with Gasteiger partial charge in [0.15, 0.2) is 0 Å². The minimum absolute atomic E-state index is 0.226. The molecule has 1 aliphatic carbocycles. The molecule has 1 aromatic heterocycles. The maximum atomic E-state index is 12.9. The van der Waals surface area contributed by atoms with Crippen LogP contribution < -0.4 is 5.32 Å². The van der Waals surface area contributed by atoms with Gasteiger partial charge in [-0.05, 0) is 25.8 Å². The number of nitrogens with zero attached hydrogens (tertiary/aromatic N) is 2. The van der Waals surface area contributed by atoms with Gasteiger partial charge in [-0.25, -0.2) is 9.97 Å². The van der Waals surface area contributed by atoms with Gasteiger partial charge in [-0.3, -0.25) is 0 Å². The van der Waals surface area contributed by atoms with E-state index in [9.17, 15) is 13.2 Å². The maximum absolute atomic E-state index is 12.9. The largest absolute Gasteiger partial charge is 0.393 e. The number of hydrogen-bond donors (Lipinski definition) is 1. The van der Waals surface area contributed by atoms with E-state index >= 15 is 0 Å². The van der Waals surface area contributed by atoms with Crippen LogP contribution in [0.2, 0.25) is 0 Å². The van der Waals surface area contributed by atoms with Crippen LogP contribution >= 0.6 is 0 Å². The molecule has 0 amide bonds. The Bertz CT molecular complexity index is 420. The molecule has 2 unspecified atom stereocenters. The number of aryl methyl sites for hydroxylation is 1. The zero-order valence-electron chi connectivity index (χ0n) is 10.9. The highest BCUT2D eigenvalue weighted by Gasteiger charge is 2.45. The molecule has 0 radical (unpaired) electrons. The highest BCUT2D eigenvalue weighted by molar-refractivity contribution is 5.01. The molecule has 0 spiro atoms. The van der Waals surface area contributed by atoms with E-state index in [0.29, 0.717) is 25.2 Å². The second-order valence-electron chi connectivity index (χ2n) is 5.02. The first-order valence-electron chi connectivity index (χ1n) is 6.55. The number of alkyl halides is 3. The summed E-state index contributed by atoms with van der Waals surface area (Å²) in [5.74, 6) is -0.598. The van der Waals surface area contributed by atoms with Crippen molar-refractivity contribution in [2.45, 2.75) is 51.4 Å². The first-order valence-corrected chi connectivity index (χ1v) is 6.55. The number of nitrogens with one attached hydrogen (secondary N) is 1. The van der Waals surface area contributed by atoms with Crippen LogP contribution in [0.1, 0.15) is 37.2 Å². The lowest BCUT2D eigenvalue weighted by atomic mass is 9.84. The summed E-state index contributed by atoms with van der Waals surface area (Å²) in [5.41, 5.74) is 0.735. The Morgan fingerprint density at radius 2 is 2.05 bits per heavy atom. The highest BCUT2D eigenvalue weighted by atomic mass is 19.4. The molecule has 1 N–H and O–H groups in total. The van der Waals surface area contributed by atoms with Crippen LogP contribution in [-0.2, 0) is 6.54 Å². The topological polar surface area (TPSA) is 37.8 Å². The van der Waals surface area contributed by atoms with Crippen molar-refractivity contribution in [3.63, 3.8) is 0 Å². The van der Waals surface area contributed by atoms with E-state index in [4.69, 9.17) is 0 Å². The Morgan fingerprint density at radius 3 is 2.74 bits per heavy atom. The van der Waals surface area contributed by atoms with Crippen LogP contribution in [-0.4, -0.2) is 22.2 Å². The second-order valence-corrected chi connectivity index (χ2v) is 5.02. The van der Waals surface area contributed by atoms with Crippen molar-refractivity contribution in [3.05, 3.63) is 23.8 Å². The molecule has 0 bridgehead atoms. The predicted octanol–water partition coefficient (Wildman–Crippen LogP) is 3.00. The van der Waals surface area contributed by atoms with Gasteiger partial charge in [0.05, 0.1) is 11.6 Å². The maximum Gasteiger partial charge on any atom is 0.393 e. The zero-order valence-corrected chi connectivity index (χ0v) is 10.9. The zero-order chi connectivity index (χ0) is 13.9. The Hall–Kier alpha value is -1.17. The number of halogens is 3. The molecule has 6 heteroatoms. The van der Waals surface area contributed by atoms with Crippen molar-refractivity contribution in [2.75, 3.05) is 0 Å². The molecule has 3 nitrogen and oxygen atoms in total. The molecule has 1 heterocycles. The fourth-order valence-electron chi connectivity index (χ4n) is 2.61. The fourth-order valence-corrected chi connectivity index (χ4v) is 2.61. The molecule has 0 aromatic carbocycles. The van der Waals surface area contributed by atoms with Crippen molar-refractivity contribution in [3.8, 4) is 0 Å². The van der Waals surface area contributed by atoms with Gasteiger partial charge in [-0.1, -0.05) is 12.8 Å². The van der Waals surface area contributed by atoms with Crippen LogP contribution in [0.4, 0.5) is 13.2 Å². The Balaban J connectivity index is 1.97. The van der Waals surface area contributed by atoms with E-state index in [1.54, 1.807) is 19.2 Å². The van der Waals surface area contributed by atoms with Gasteiger partial charge in [0.1, 0.15) is 5.82 Å². The average Bonchev–Trinajstić information content (AvgIpc) is 2.36. The van der Waals surface area contributed by atoms with Crippen molar-refractivity contribution >= 4 is 0 Å². The van der Waals surface area contributed by atoms with Crippen molar-refractivity contribution < 1.29 is 13.2 Å². The van der Waals surface area contributed by atoms with E-state index in [1.165, 1.54) is 0 Å². The van der Waals surface area contributed by atoms with Crippen molar-refractivity contribution in [2.24, 2.45) is 5.92 Å². The van der Waals surface area contributed by atoms with E-state index in [2.05, 4.69) is 15.3 Å². The molecule has 1 saturated carbocycles. The lowest BCUT2D eigenvalue weighted by Crippen LogP contribution is -2.45. The monoisotopic (exact) mass is 273 g/mol. The lowest BCUT2D eigenvalue weighted by molar-refractivity contribution is -0.189. The predicted molar refractivity (Wildman–Crippen MR) is 65.4 cm³/mol. The van der Waals surface area contributed by atoms with Crippen LogP contribution in [0.5, 0.6) is 0 Å². The van der Waals surface area contributed by atoms with E-state index < -0.39 is 18.1 Å². The molecule has 1 aromatic rings. The van der Waals surface area contributed by atoms with Gasteiger partial charge in [0.2, 0.25) is 0 Å². The molecule has 2 atom stereocenters. The molecule has 0 saturated heterocycles. The van der Waals surface area contributed by atoms with Gasteiger partial charge >= 0.3 is 6.18 Å². The minimum atomic E-state index is -4.11. The highest BCUT2D eigenvalue weighted by Crippen LogP contribution is 2.37. The number of hydrogen-bond acceptors (Lipinski definition) is 3. The summed E-state index contributed by atoms with van der Waals surface area (Å²) >= 11 is 0. The standard InChI is InChI=1S/C13H18F3N3/c1-9-17-7-6-10(19-9)8-18-12-5-3-2-4-11(12)13(14,15)16/h6-7,11-12,18H,2-5,8H2,1H3. The Labute approximate surface area is 110 Å². The van der Waals surface area contributed by atoms with E-state index in [1.807, 2.05) is 0 Å². The molecule has 1 aliphatic rings. The molecule has 106 valence electrons. The Kier molecular flexibility index (Phi) is 4.39. The summed E-state index contributed by atoms with van der Waals surface area (Å²) in [7, 11) is 0. The Morgan fingerprint density at radius 1 is 1.32 bits per heavy atom.